The summed E-state index contributed by atoms with van der Waals surface area (Å²) in [5.74, 6) is -0.895. The fourth-order valence-electron chi connectivity index (χ4n) is 1.64. The Hall–Kier alpha value is -2.13. The van der Waals surface area contributed by atoms with Gasteiger partial charge in [0.25, 0.3) is 0 Å². The Labute approximate surface area is 154 Å². The predicted molar refractivity (Wildman–Crippen MR) is 95.7 cm³/mol. The van der Waals surface area contributed by atoms with Gasteiger partial charge in [-0.3, -0.25) is 0 Å². The van der Waals surface area contributed by atoms with E-state index in [1.54, 1.807) is 0 Å². The van der Waals surface area contributed by atoms with E-state index in [0.29, 0.717) is 12.0 Å². The lowest BCUT2D eigenvalue weighted by Crippen LogP contribution is -2.19. The summed E-state index contributed by atoms with van der Waals surface area (Å²) < 4.78 is 8.63. The maximum atomic E-state index is 10.8. The molecule has 0 fully saturated rings. The van der Waals surface area contributed by atoms with E-state index < -0.39 is 24.4 Å². The van der Waals surface area contributed by atoms with Crippen LogP contribution in [0, 0.1) is 5.41 Å². The number of aliphatic hydroxyl groups excluding tert-OH is 1. The molecule has 9 heteroatoms. The largest absolute Gasteiger partial charge is 0.450 e. The Kier molecular flexibility index (Phi) is 14.1. The average molecular weight is 376 g/mol. The van der Waals surface area contributed by atoms with Crippen molar-refractivity contribution in [2.75, 3.05) is 6.61 Å². The number of hydrogen-bond acceptors (Lipinski definition) is 7. The van der Waals surface area contributed by atoms with Crippen molar-refractivity contribution in [2.45, 2.75) is 66.1 Å². The van der Waals surface area contributed by atoms with Crippen molar-refractivity contribution in [1.29, 1.82) is 0 Å². The summed E-state index contributed by atoms with van der Waals surface area (Å²) >= 11 is 0. The van der Waals surface area contributed by atoms with Gasteiger partial charge in [0.1, 0.15) is 0 Å². The lowest BCUT2D eigenvalue weighted by Gasteiger charge is -2.17. The molecule has 0 aromatic heterocycles. The summed E-state index contributed by atoms with van der Waals surface area (Å²) in [6, 6.07) is 0. The van der Waals surface area contributed by atoms with Crippen LogP contribution >= 0.6 is 0 Å². The second kappa shape index (κ2) is 14.1. The quantitative estimate of drug-likeness (QED) is 0.165. The van der Waals surface area contributed by atoms with Crippen molar-refractivity contribution < 1.29 is 34.1 Å². The van der Waals surface area contributed by atoms with Crippen LogP contribution in [0.1, 0.15) is 59.8 Å². The summed E-state index contributed by atoms with van der Waals surface area (Å²) in [5.41, 5.74) is 9.89. The van der Waals surface area contributed by atoms with Crippen LogP contribution in [0.5, 0.6) is 0 Å². The van der Waals surface area contributed by atoms with Crippen LogP contribution in [0.2, 0.25) is 0 Å². The van der Waals surface area contributed by atoms with Gasteiger partial charge < -0.3 is 31.2 Å². The molecule has 0 radical (unpaired) electrons. The molecule has 26 heavy (non-hydrogen) atoms. The normalized spacial score (nSPS) is 11.4. The fraction of sp³-hybridized carbons (Fsp3) is 0.706. The van der Waals surface area contributed by atoms with Crippen molar-refractivity contribution in [3.05, 3.63) is 11.6 Å². The van der Waals surface area contributed by atoms with Crippen LogP contribution in [0.25, 0.3) is 0 Å². The number of ether oxygens (including phenoxy) is 2. The first-order chi connectivity index (χ1) is 11.8. The molecule has 6 N–H and O–H groups in total. The number of rotatable bonds is 8. The molecular formula is C17H32N2O7. The molecule has 9 nitrogen and oxygen atoms in total. The maximum Gasteiger partial charge on any atom is 0.412 e. The number of nitrogens with two attached hydrogens (primary N) is 2. The zero-order valence-electron chi connectivity index (χ0n) is 16.0. The molecular weight excluding hydrogens is 344 g/mol. The first-order valence-corrected chi connectivity index (χ1v) is 8.32. The van der Waals surface area contributed by atoms with Crippen molar-refractivity contribution in [2.24, 2.45) is 16.9 Å². The Morgan fingerprint density at radius 3 is 2.04 bits per heavy atom. The summed E-state index contributed by atoms with van der Waals surface area (Å²) in [4.78, 5) is 31.1. The Balaban J connectivity index is 0. The van der Waals surface area contributed by atoms with Gasteiger partial charge in [0.15, 0.2) is 6.29 Å². The van der Waals surface area contributed by atoms with E-state index in [2.05, 4.69) is 36.0 Å². The lowest BCUT2D eigenvalue weighted by molar-refractivity contribution is -0.132. The van der Waals surface area contributed by atoms with Crippen molar-refractivity contribution in [3.63, 3.8) is 0 Å². The van der Waals surface area contributed by atoms with E-state index in [0.717, 1.165) is 12.8 Å². The highest BCUT2D eigenvalue weighted by Gasteiger charge is 2.09. The van der Waals surface area contributed by atoms with Crippen LogP contribution < -0.4 is 11.5 Å². The monoisotopic (exact) mass is 376 g/mol. The van der Waals surface area contributed by atoms with E-state index in [4.69, 9.17) is 15.9 Å². The van der Waals surface area contributed by atoms with Gasteiger partial charge in [-0.25, -0.2) is 14.4 Å². The van der Waals surface area contributed by atoms with Gasteiger partial charge in [0.05, 0.1) is 6.61 Å². The van der Waals surface area contributed by atoms with Gasteiger partial charge in [-0.05, 0) is 25.2 Å². The second-order valence-corrected chi connectivity index (χ2v) is 6.85. The van der Waals surface area contributed by atoms with Gasteiger partial charge >= 0.3 is 18.2 Å². The lowest BCUT2D eigenvalue weighted by atomic mass is 9.89. The molecule has 0 aromatic carbocycles. The number of amides is 2. The zero-order chi connectivity index (χ0) is 20.8. The van der Waals surface area contributed by atoms with Gasteiger partial charge in [-0.2, -0.15) is 0 Å². The molecule has 0 atom stereocenters. The Bertz CT molecular complexity index is 468. The third-order valence-electron chi connectivity index (χ3n) is 2.97. The first-order valence-electron chi connectivity index (χ1n) is 8.32. The average Bonchev–Trinajstić information content (AvgIpc) is 2.46. The minimum atomic E-state index is -1.53. The van der Waals surface area contributed by atoms with Crippen LogP contribution in [0.15, 0.2) is 11.6 Å². The maximum absolute atomic E-state index is 10.8. The molecule has 0 aliphatic carbocycles. The molecule has 0 spiro atoms. The number of aliphatic hydroxyl groups is 2. The number of unbranched alkanes of at least 4 members (excludes halogenated alkanes) is 2. The summed E-state index contributed by atoms with van der Waals surface area (Å²) in [6.07, 6.45) is 2.14. The van der Waals surface area contributed by atoms with E-state index in [1.165, 1.54) is 25.8 Å². The van der Waals surface area contributed by atoms with Crippen LogP contribution in [-0.4, -0.2) is 41.3 Å². The highest BCUT2D eigenvalue weighted by molar-refractivity contribution is 5.94. The number of primary amides is 2. The minimum Gasteiger partial charge on any atom is -0.450 e. The van der Waals surface area contributed by atoms with Crippen LogP contribution in [0.3, 0.4) is 0 Å². The summed E-state index contributed by atoms with van der Waals surface area (Å²) in [5, 5.41) is 16.9. The third-order valence-corrected chi connectivity index (χ3v) is 2.97. The zero-order valence-corrected chi connectivity index (χ0v) is 16.0. The highest BCUT2D eigenvalue weighted by atomic mass is 16.6. The minimum absolute atomic E-state index is 0.0897. The van der Waals surface area contributed by atoms with Crippen LogP contribution in [-0.2, 0) is 14.3 Å². The first kappa shape index (κ1) is 26.1. The molecule has 0 rings (SSSR count). The molecule has 0 unspecified atom stereocenters. The number of esters is 1. The van der Waals surface area contributed by atoms with Crippen molar-refractivity contribution in [3.8, 4) is 0 Å². The van der Waals surface area contributed by atoms with E-state index in [1.807, 2.05) is 0 Å². The van der Waals surface area contributed by atoms with Crippen molar-refractivity contribution >= 4 is 18.2 Å². The molecule has 0 bridgehead atoms. The number of carbonyl (C=O) groups excluding carboxylic acids is 3. The molecule has 0 saturated carbocycles. The summed E-state index contributed by atoms with van der Waals surface area (Å²) in [7, 11) is 0. The second-order valence-electron chi connectivity index (χ2n) is 6.85. The molecule has 0 aliphatic rings. The van der Waals surface area contributed by atoms with Crippen LogP contribution in [0.4, 0.5) is 9.59 Å². The van der Waals surface area contributed by atoms with E-state index >= 15 is 0 Å². The fourth-order valence-corrected chi connectivity index (χ4v) is 1.64. The van der Waals surface area contributed by atoms with Gasteiger partial charge in [-0.15, -0.1) is 0 Å². The molecule has 0 aliphatic heterocycles. The SMILES string of the molecule is CC(=CCC(O)O)C(=O)OC(N)=O.CC(C)(C)CCCCCOC(N)=O. The molecule has 0 aromatic rings. The van der Waals surface area contributed by atoms with Crippen molar-refractivity contribution in [1.82, 2.24) is 0 Å². The molecule has 0 saturated heterocycles. The number of hydrogen-bond donors (Lipinski definition) is 4. The standard InChI is InChI=1S/C10H21NO2.C7H11NO5/c1-10(2,3)7-5-4-6-8-13-9(11)12;1-4(2-3-5(9)10)6(11)13-7(8)12/h4-8H2,1-3H3,(H2,11,12);2,5,9-10H,3H2,1H3,(H2,8,12). The van der Waals surface area contributed by atoms with E-state index in [9.17, 15) is 14.4 Å². The van der Waals surface area contributed by atoms with Gasteiger partial charge in [0, 0.05) is 12.0 Å². The third kappa shape index (κ3) is 21.9. The van der Waals surface area contributed by atoms with Gasteiger partial charge in [0.2, 0.25) is 0 Å². The van der Waals surface area contributed by atoms with Gasteiger partial charge in [-0.1, -0.05) is 39.7 Å². The Morgan fingerprint density at radius 1 is 1.04 bits per heavy atom. The molecule has 2 amide bonds. The molecule has 152 valence electrons. The highest BCUT2D eigenvalue weighted by Crippen LogP contribution is 2.21. The van der Waals surface area contributed by atoms with E-state index in [-0.39, 0.29) is 12.0 Å². The predicted octanol–water partition coefficient (Wildman–Crippen LogP) is 1.94. The topological polar surface area (TPSA) is 162 Å². The number of carbonyl (C=O) groups is 3. The molecule has 0 heterocycles. The smallest absolute Gasteiger partial charge is 0.412 e. The Morgan fingerprint density at radius 2 is 1.62 bits per heavy atom. The summed E-state index contributed by atoms with van der Waals surface area (Å²) in [6.45, 7) is 8.51.